The van der Waals surface area contributed by atoms with E-state index >= 15 is 0 Å². The summed E-state index contributed by atoms with van der Waals surface area (Å²) in [5.41, 5.74) is 0. The summed E-state index contributed by atoms with van der Waals surface area (Å²) in [6.45, 7) is 4.13. The minimum absolute atomic E-state index is 0.445. The van der Waals surface area contributed by atoms with Gasteiger partial charge in [-0.15, -0.1) is 0 Å². The molecule has 8 heteroatoms. The smallest absolute Gasteiger partial charge is 0.327 e. The highest BCUT2D eigenvalue weighted by atomic mass is 32.2. The Morgan fingerprint density at radius 3 is 1.92 bits per heavy atom. The number of carboxylic acid groups (broad SMARTS) is 1. The van der Waals surface area contributed by atoms with E-state index in [-0.39, 0.29) is 0 Å². The third-order valence-electron chi connectivity index (χ3n) is 3.77. The third-order valence-corrected chi connectivity index (χ3v) is 4.85. The average molecular weight is 366 g/mol. The van der Waals surface area contributed by atoms with Crippen LogP contribution in [0.15, 0.2) is 0 Å². The van der Waals surface area contributed by atoms with Crippen LogP contribution < -0.4 is 0 Å². The number of unbranched alkanes of at least 4 members (excludes halogenated alkanes) is 5. The highest BCUT2D eigenvalue weighted by Gasteiger charge is 2.36. The Bertz CT molecular complexity index is 473. The lowest BCUT2D eigenvalue weighted by Crippen LogP contribution is -2.36. The van der Waals surface area contributed by atoms with Gasteiger partial charge in [0.25, 0.3) is 10.1 Å². The van der Waals surface area contributed by atoms with Crippen LogP contribution in [0.25, 0.3) is 0 Å². The summed E-state index contributed by atoms with van der Waals surface area (Å²) in [7, 11) is -4.81. The normalized spacial score (nSPS) is 14.1. The van der Waals surface area contributed by atoms with E-state index in [2.05, 4.69) is 6.92 Å². The van der Waals surface area contributed by atoms with Gasteiger partial charge in [-0.05, 0) is 25.7 Å². The molecule has 0 aliphatic carbocycles. The molecular formula is C16H30O7S. The molecule has 0 amide bonds. The first-order chi connectivity index (χ1) is 11.2. The number of carboxylic acids is 1. The molecule has 0 saturated carbocycles. The molecule has 7 nitrogen and oxygen atoms in total. The molecular weight excluding hydrogens is 336 g/mol. The lowest BCUT2D eigenvalue weighted by Gasteiger charge is -2.20. The first kappa shape index (κ1) is 22.9. The number of hydrogen-bond acceptors (Lipinski definition) is 5. The molecule has 0 heterocycles. The summed E-state index contributed by atoms with van der Waals surface area (Å²) in [6, 6.07) is 0. The van der Waals surface area contributed by atoms with Crippen molar-refractivity contribution in [3.05, 3.63) is 0 Å². The maximum Gasteiger partial charge on any atom is 0.327 e. The Balaban J connectivity index is 4.79. The fraction of sp³-hybridized carbons (Fsp3) is 0.875. The molecule has 0 radical (unpaired) electrons. The molecule has 0 fully saturated rings. The van der Waals surface area contributed by atoms with Gasteiger partial charge in [0.1, 0.15) is 6.10 Å². The van der Waals surface area contributed by atoms with Crippen molar-refractivity contribution in [2.45, 2.75) is 89.4 Å². The number of carbonyl (C=O) groups is 2. The highest BCUT2D eigenvalue weighted by Crippen LogP contribution is 2.18. The van der Waals surface area contributed by atoms with Crippen LogP contribution in [0.4, 0.5) is 0 Å². The average Bonchev–Trinajstić information content (AvgIpc) is 2.47. The van der Waals surface area contributed by atoms with Crippen LogP contribution in [-0.4, -0.2) is 41.4 Å². The second-order valence-corrected chi connectivity index (χ2v) is 7.60. The van der Waals surface area contributed by atoms with Crippen molar-refractivity contribution in [3.8, 4) is 0 Å². The van der Waals surface area contributed by atoms with Crippen LogP contribution >= 0.6 is 0 Å². The molecule has 0 rings (SSSR count). The minimum atomic E-state index is -4.81. The molecule has 0 aliphatic rings. The molecule has 24 heavy (non-hydrogen) atoms. The van der Waals surface area contributed by atoms with Crippen molar-refractivity contribution in [2.75, 3.05) is 0 Å². The lowest BCUT2D eigenvalue weighted by atomic mass is 10.0. The van der Waals surface area contributed by atoms with Gasteiger partial charge in [-0.1, -0.05) is 46.0 Å². The predicted octanol–water partition coefficient (Wildman–Crippen LogP) is 3.18. The summed E-state index contributed by atoms with van der Waals surface area (Å²) in [5, 5.41) is 6.65. The first-order valence-electron chi connectivity index (χ1n) is 8.60. The van der Waals surface area contributed by atoms with Crippen LogP contribution in [0, 0.1) is 0 Å². The zero-order valence-electron chi connectivity index (χ0n) is 14.6. The van der Waals surface area contributed by atoms with E-state index in [0.717, 1.165) is 44.9 Å². The Hall–Kier alpha value is -1.15. The monoisotopic (exact) mass is 366 g/mol. The van der Waals surface area contributed by atoms with E-state index in [1.807, 2.05) is 6.92 Å². The standard InChI is InChI=1S/C16H30O7S/c1-3-5-7-9-11-13(10-8-6-4-2)23-16(19)14(12-15(17)18)24(20,21)22/h13-14H,3-12H2,1-2H3,(H,17,18)(H,20,21,22). The third kappa shape index (κ3) is 10.6. The predicted molar refractivity (Wildman–Crippen MR) is 90.4 cm³/mol. The fourth-order valence-corrected chi connectivity index (χ4v) is 3.04. The van der Waals surface area contributed by atoms with E-state index in [0.29, 0.717) is 12.8 Å². The summed E-state index contributed by atoms with van der Waals surface area (Å²) >= 11 is 0. The van der Waals surface area contributed by atoms with Crippen LogP contribution in [-0.2, 0) is 24.4 Å². The van der Waals surface area contributed by atoms with Crippen molar-refractivity contribution in [3.63, 3.8) is 0 Å². The zero-order valence-corrected chi connectivity index (χ0v) is 15.4. The van der Waals surface area contributed by atoms with E-state index in [1.165, 1.54) is 0 Å². The molecule has 2 atom stereocenters. The first-order valence-corrected chi connectivity index (χ1v) is 10.1. The largest absolute Gasteiger partial charge is 0.481 e. The van der Waals surface area contributed by atoms with Gasteiger partial charge in [0.2, 0.25) is 0 Å². The molecule has 0 aromatic heterocycles. The van der Waals surface area contributed by atoms with E-state index in [1.54, 1.807) is 0 Å². The number of aliphatic carboxylic acids is 1. The Labute approximate surface area is 144 Å². The maximum atomic E-state index is 12.0. The van der Waals surface area contributed by atoms with Gasteiger partial charge in [-0.25, -0.2) is 0 Å². The highest BCUT2D eigenvalue weighted by molar-refractivity contribution is 7.87. The van der Waals surface area contributed by atoms with Gasteiger partial charge in [0.15, 0.2) is 5.25 Å². The zero-order chi connectivity index (χ0) is 18.6. The molecule has 0 aromatic rings. The maximum absolute atomic E-state index is 12.0. The minimum Gasteiger partial charge on any atom is -0.481 e. The SMILES string of the molecule is CCCCCCC(CCCCC)OC(=O)C(CC(=O)O)S(=O)(=O)O. The van der Waals surface area contributed by atoms with Gasteiger partial charge in [0, 0.05) is 0 Å². The molecule has 0 saturated heterocycles. The Morgan fingerprint density at radius 2 is 1.46 bits per heavy atom. The number of carbonyl (C=O) groups excluding carboxylic acids is 1. The van der Waals surface area contributed by atoms with Crippen molar-refractivity contribution < 1.29 is 32.4 Å². The molecule has 142 valence electrons. The van der Waals surface area contributed by atoms with Gasteiger partial charge in [0.05, 0.1) is 6.42 Å². The summed E-state index contributed by atoms with van der Waals surface area (Å²) < 4.78 is 36.8. The van der Waals surface area contributed by atoms with Gasteiger partial charge in [-0.2, -0.15) is 8.42 Å². The molecule has 0 aromatic carbocycles. The number of rotatable bonds is 14. The summed E-state index contributed by atoms with van der Waals surface area (Å²) in [5.74, 6) is -2.67. The molecule has 2 N–H and O–H groups in total. The molecule has 0 aliphatic heterocycles. The van der Waals surface area contributed by atoms with Crippen LogP contribution in [0.3, 0.4) is 0 Å². The molecule has 0 spiro atoms. The van der Waals surface area contributed by atoms with E-state index in [9.17, 15) is 18.0 Å². The summed E-state index contributed by atoms with van der Waals surface area (Å²) in [4.78, 5) is 22.8. The fourth-order valence-electron chi connectivity index (χ4n) is 2.39. The Morgan fingerprint density at radius 1 is 0.958 bits per heavy atom. The quantitative estimate of drug-likeness (QED) is 0.275. The number of esters is 1. The second-order valence-electron chi connectivity index (χ2n) is 6.01. The van der Waals surface area contributed by atoms with Crippen LogP contribution in [0.2, 0.25) is 0 Å². The number of ether oxygens (including phenoxy) is 1. The topological polar surface area (TPSA) is 118 Å². The lowest BCUT2D eigenvalue weighted by molar-refractivity contribution is -0.152. The van der Waals surface area contributed by atoms with E-state index < -0.39 is 39.8 Å². The van der Waals surface area contributed by atoms with Crippen molar-refractivity contribution in [1.82, 2.24) is 0 Å². The van der Waals surface area contributed by atoms with Gasteiger partial charge < -0.3 is 9.84 Å². The van der Waals surface area contributed by atoms with Crippen molar-refractivity contribution in [2.24, 2.45) is 0 Å². The second kappa shape index (κ2) is 12.2. The van der Waals surface area contributed by atoms with Crippen LogP contribution in [0.5, 0.6) is 0 Å². The number of hydrogen-bond donors (Lipinski definition) is 2. The summed E-state index contributed by atoms with van der Waals surface area (Å²) in [6.07, 6.45) is 6.58. The van der Waals surface area contributed by atoms with Crippen molar-refractivity contribution in [1.29, 1.82) is 0 Å². The van der Waals surface area contributed by atoms with Gasteiger partial charge in [-0.3, -0.25) is 14.1 Å². The Kier molecular flexibility index (Phi) is 11.7. The van der Waals surface area contributed by atoms with Crippen LogP contribution in [0.1, 0.15) is 78.1 Å². The molecule has 2 unspecified atom stereocenters. The van der Waals surface area contributed by atoms with E-state index in [4.69, 9.17) is 14.4 Å². The molecule has 0 bridgehead atoms. The van der Waals surface area contributed by atoms with Crippen molar-refractivity contribution >= 4 is 22.1 Å². The van der Waals surface area contributed by atoms with Gasteiger partial charge >= 0.3 is 11.9 Å².